The molecule has 0 spiro atoms. The van der Waals surface area contributed by atoms with E-state index in [-0.39, 0.29) is 0 Å². The number of aromatic hydroxyl groups is 1. The maximum absolute atomic E-state index is 9.67. The summed E-state index contributed by atoms with van der Waals surface area (Å²) >= 11 is 0. The summed E-state index contributed by atoms with van der Waals surface area (Å²) < 4.78 is 0. The van der Waals surface area contributed by atoms with Gasteiger partial charge >= 0.3 is 0 Å². The Balaban J connectivity index is 2.05. The summed E-state index contributed by atoms with van der Waals surface area (Å²) in [5, 5.41) is 9.67. The first-order chi connectivity index (χ1) is 7.29. The standard InChI is InChI=1S/C12H18N2O/c13-8-11-4-3-10(7-12(11)15)9-14-5-1-2-6-14/h3-4,7,15H,1-2,5-6,8-9,13H2. The van der Waals surface area contributed by atoms with E-state index in [2.05, 4.69) is 11.0 Å². The molecule has 1 heterocycles. The second-order valence-corrected chi connectivity index (χ2v) is 4.15. The Bertz CT molecular complexity index is 332. The van der Waals surface area contributed by atoms with Gasteiger partial charge in [0.1, 0.15) is 5.75 Å². The maximum Gasteiger partial charge on any atom is 0.120 e. The minimum Gasteiger partial charge on any atom is -0.508 e. The van der Waals surface area contributed by atoms with Crippen LogP contribution >= 0.6 is 0 Å². The zero-order valence-electron chi connectivity index (χ0n) is 8.95. The molecule has 82 valence electrons. The number of benzene rings is 1. The van der Waals surface area contributed by atoms with Crippen molar-refractivity contribution < 1.29 is 5.11 Å². The molecule has 0 unspecified atom stereocenters. The molecule has 1 aromatic rings. The van der Waals surface area contributed by atoms with Gasteiger partial charge in [0.05, 0.1) is 0 Å². The van der Waals surface area contributed by atoms with Crippen molar-refractivity contribution >= 4 is 0 Å². The lowest BCUT2D eigenvalue weighted by Crippen LogP contribution is -2.18. The van der Waals surface area contributed by atoms with Crippen LogP contribution in [0.3, 0.4) is 0 Å². The van der Waals surface area contributed by atoms with E-state index in [4.69, 9.17) is 5.73 Å². The molecule has 0 saturated carbocycles. The van der Waals surface area contributed by atoms with Crippen LogP contribution in [0.2, 0.25) is 0 Å². The van der Waals surface area contributed by atoms with Crippen LogP contribution in [-0.2, 0) is 13.1 Å². The third-order valence-corrected chi connectivity index (χ3v) is 2.97. The van der Waals surface area contributed by atoms with E-state index in [9.17, 15) is 5.11 Å². The molecule has 1 aromatic carbocycles. The first-order valence-corrected chi connectivity index (χ1v) is 5.53. The van der Waals surface area contributed by atoms with Gasteiger partial charge in [0.25, 0.3) is 0 Å². The molecule has 0 atom stereocenters. The van der Waals surface area contributed by atoms with Crippen LogP contribution in [0.4, 0.5) is 0 Å². The summed E-state index contributed by atoms with van der Waals surface area (Å²) in [7, 11) is 0. The fourth-order valence-corrected chi connectivity index (χ4v) is 2.08. The number of rotatable bonds is 3. The van der Waals surface area contributed by atoms with Crippen LogP contribution in [0.1, 0.15) is 24.0 Å². The Morgan fingerprint density at radius 2 is 2.00 bits per heavy atom. The van der Waals surface area contributed by atoms with E-state index in [1.807, 2.05) is 12.1 Å². The fraction of sp³-hybridized carbons (Fsp3) is 0.500. The Morgan fingerprint density at radius 3 is 2.60 bits per heavy atom. The predicted octanol–water partition coefficient (Wildman–Crippen LogP) is 1.45. The van der Waals surface area contributed by atoms with Gasteiger partial charge < -0.3 is 10.8 Å². The molecule has 1 saturated heterocycles. The SMILES string of the molecule is NCc1ccc(CN2CCCC2)cc1O. The second-order valence-electron chi connectivity index (χ2n) is 4.15. The van der Waals surface area contributed by atoms with Gasteiger partial charge in [-0.15, -0.1) is 0 Å². The summed E-state index contributed by atoms with van der Waals surface area (Å²) in [6, 6.07) is 5.81. The van der Waals surface area contributed by atoms with Crippen molar-refractivity contribution in [2.24, 2.45) is 5.73 Å². The number of phenols is 1. The van der Waals surface area contributed by atoms with Gasteiger partial charge in [-0.1, -0.05) is 12.1 Å². The number of likely N-dealkylation sites (tertiary alicyclic amines) is 1. The smallest absolute Gasteiger partial charge is 0.120 e. The summed E-state index contributed by atoms with van der Waals surface area (Å²) in [5.74, 6) is 0.328. The molecule has 0 bridgehead atoms. The molecule has 1 fully saturated rings. The molecule has 15 heavy (non-hydrogen) atoms. The van der Waals surface area contributed by atoms with Crippen LogP contribution in [0, 0.1) is 0 Å². The lowest BCUT2D eigenvalue weighted by Gasteiger charge is -2.15. The van der Waals surface area contributed by atoms with Crippen LogP contribution in [-0.4, -0.2) is 23.1 Å². The third-order valence-electron chi connectivity index (χ3n) is 2.97. The number of phenolic OH excluding ortho intramolecular Hbond substituents is 1. The van der Waals surface area contributed by atoms with Gasteiger partial charge in [0, 0.05) is 18.7 Å². The van der Waals surface area contributed by atoms with Crippen molar-refractivity contribution in [2.75, 3.05) is 13.1 Å². The van der Waals surface area contributed by atoms with Crippen LogP contribution < -0.4 is 5.73 Å². The molecule has 0 aromatic heterocycles. The monoisotopic (exact) mass is 206 g/mol. The van der Waals surface area contributed by atoms with Crippen molar-refractivity contribution in [3.05, 3.63) is 29.3 Å². The summed E-state index contributed by atoms with van der Waals surface area (Å²) in [4.78, 5) is 2.41. The molecular formula is C12H18N2O. The molecule has 2 rings (SSSR count). The number of hydrogen-bond donors (Lipinski definition) is 2. The molecule has 0 amide bonds. The van der Waals surface area contributed by atoms with Crippen molar-refractivity contribution in [1.29, 1.82) is 0 Å². The van der Waals surface area contributed by atoms with Crippen LogP contribution in [0.25, 0.3) is 0 Å². The molecular weight excluding hydrogens is 188 g/mol. The van der Waals surface area contributed by atoms with E-state index in [1.54, 1.807) is 0 Å². The minimum atomic E-state index is 0.328. The Morgan fingerprint density at radius 1 is 1.27 bits per heavy atom. The molecule has 3 nitrogen and oxygen atoms in total. The first kappa shape index (κ1) is 10.5. The molecule has 3 heteroatoms. The highest BCUT2D eigenvalue weighted by atomic mass is 16.3. The van der Waals surface area contributed by atoms with E-state index >= 15 is 0 Å². The molecule has 1 aliphatic heterocycles. The number of nitrogens with two attached hydrogens (primary N) is 1. The van der Waals surface area contributed by atoms with Crippen molar-refractivity contribution in [1.82, 2.24) is 4.90 Å². The van der Waals surface area contributed by atoms with Gasteiger partial charge in [0.2, 0.25) is 0 Å². The van der Waals surface area contributed by atoms with Crippen molar-refractivity contribution in [2.45, 2.75) is 25.9 Å². The summed E-state index contributed by atoms with van der Waals surface area (Å²) in [6.07, 6.45) is 2.60. The molecule has 0 radical (unpaired) electrons. The van der Waals surface area contributed by atoms with Gasteiger partial charge in [-0.05, 0) is 37.6 Å². The van der Waals surface area contributed by atoms with E-state index in [0.717, 1.165) is 12.1 Å². The number of nitrogens with zero attached hydrogens (tertiary/aromatic N) is 1. The highest BCUT2D eigenvalue weighted by Gasteiger charge is 2.12. The van der Waals surface area contributed by atoms with E-state index in [0.29, 0.717) is 12.3 Å². The number of hydrogen-bond acceptors (Lipinski definition) is 3. The van der Waals surface area contributed by atoms with Crippen molar-refractivity contribution in [3.63, 3.8) is 0 Å². The van der Waals surface area contributed by atoms with Crippen LogP contribution in [0.5, 0.6) is 5.75 Å². The van der Waals surface area contributed by atoms with Crippen molar-refractivity contribution in [3.8, 4) is 5.75 Å². The first-order valence-electron chi connectivity index (χ1n) is 5.53. The normalized spacial score (nSPS) is 17.1. The second kappa shape index (κ2) is 4.64. The largest absolute Gasteiger partial charge is 0.508 e. The van der Waals surface area contributed by atoms with Gasteiger partial charge in [0.15, 0.2) is 0 Å². The molecule has 3 N–H and O–H groups in total. The molecule has 0 aliphatic carbocycles. The summed E-state index contributed by atoms with van der Waals surface area (Å²) in [6.45, 7) is 3.70. The third kappa shape index (κ3) is 2.49. The van der Waals surface area contributed by atoms with Crippen LogP contribution in [0.15, 0.2) is 18.2 Å². The van der Waals surface area contributed by atoms with Gasteiger partial charge in [-0.2, -0.15) is 0 Å². The zero-order valence-corrected chi connectivity index (χ0v) is 8.95. The highest BCUT2D eigenvalue weighted by Crippen LogP contribution is 2.20. The fourth-order valence-electron chi connectivity index (χ4n) is 2.08. The van der Waals surface area contributed by atoms with E-state index < -0.39 is 0 Å². The zero-order chi connectivity index (χ0) is 10.7. The quantitative estimate of drug-likeness (QED) is 0.787. The van der Waals surface area contributed by atoms with Gasteiger partial charge in [-0.3, -0.25) is 4.90 Å². The Kier molecular flexibility index (Phi) is 3.23. The topological polar surface area (TPSA) is 49.5 Å². The average Bonchev–Trinajstić information content (AvgIpc) is 2.71. The van der Waals surface area contributed by atoms with Gasteiger partial charge in [-0.25, -0.2) is 0 Å². The molecule has 1 aliphatic rings. The van der Waals surface area contributed by atoms with E-state index in [1.165, 1.54) is 31.5 Å². The predicted molar refractivity (Wildman–Crippen MR) is 60.5 cm³/mol. The summed E-state index contributed by atoms with van der Waals surface area (Å²) in [5.41, 5.74) is 7.49. The lowest BCUT2D eigenvalue weighted by atomic mass is 10.1. The lowest BCUT2D eigenvalue weighted by molar-refractivity contribution is 0.330. The minimum absolute atomic E-state index is 0.328. The maximum atomic E-state index is 9.67. The highest BCUT2D eigenvalue weighted by molar-refractivity contribution is 5.36. The Labute approximate surface area is 90.5 Å². The Hall–Kier alpha value is -1.06. The average molecular weight is 206 g/mol.